The first kappa shape index (κ1) is 21.3. The summed E-state index contributed by atoms with van der Waals surface area (Å²) < 4.78 is 32.7. The number of aryl methyl sites for hydroxylation is 1. The van der Waals surface area contributed by atoms with Crippen LogP contribution in [0.25, 0.3) is 0 Å². The molecule has 0 aliphatic heterocycles. The SMILES string of the molecule is CCc1ccc(NC(=O)CN(c2ccc(OC)cc2)S(=O)(=O)c2cccnc2)cc1. The van der Waals surface area contributed by atoms with Crippen molar-refractivity contribution in [2.75, 3.05) is 23.3 Å². The third-order valence-electron chi connectivity index (χ3n) is 4.52. The fourth-order valence-corrected chi connectivity index (χ4v) is 4.23. The Labute approximate surface area is 176 Å². The second-order valence-electron chi connectivity index (χ2n) is 6.50. The van der Waals surface area contributed by atoms with Gasteiger partial charge in [-0.15, -0.1) is 0 Å². The van der Waals surface area contributed by atoms with E-state index in [9.17, 15) is 13.2 Å². The molecule has 0 fully saturated rings. The van der Waals surface area contributed by atoms with Gasteiger partial charge in [-0.25, -0.2) is 8.42 Å². The highest BCUT2D eigenvalue weighted by atomic mass is 32.2. The summed E-state index contributed by atoms with van der Waals surface area (Å²) in [4.78, 5) is 16.6. The maximum atomic E-state index is 13.2. The summed E-state index contributed by atoms with van der Waals surface area (Å²) in [6.07, 6.45) is 3.64. The monoisotopic (exact) mass is 425 g/mol. The Hall–Kier alpha value is -3.39. The van der Waals surface area contributed by atoms with Gasteiger partial charge in [0.05, 0.1) is 12.8 Å². The van der Waals surface area contributed by atoms with Crippen LogP contribution in [-0.4, -0.2) is 33.0 Å². The molecule has 1 amide bonds. The number of methoxy groups -OCH3 is 1. The van der Waals surface area contributed by atoms with E-state index in [4.69, 9.17) is 4.74 Å². The van der Waals surface area contributed by atoms with Gasteiger partial charge in [-0.1, -0.05) is 19.1 Å². The molecule has 156 valence electrons. The molecule has 0 bridgehead atoms. The zero-order chi connectivity index (χ0) is 21.6. The van der Waals surface area contributed by atoms with Crippen molar-refractivity contribution in [1.29, 1.82) is 0 Å². The first-order chi connectivity index (χ1) is 14.4. The molecule has 3 rings (SSSR count). The summed E-state index contributed by atoms with van der Waals surface area (Å²) in [5.41, 5.74) is 2.09. The maximum Gasteiger partial charge on any atom is 0.266 e. The highest BCUT2D eigenvalue weighted by molar-refractivity contribution is 7.92. The maximum absolute atomic E-state index is 13.2. The van der Waals surface area contributed by atoms with E-state index >= 15 is 0 Å². The van der Waals surface area contributed by atoms with Gasteiger partial charge >= 0.3 is 0 Å². The molecule has 30 heavy (non-hydrogen) atoms. The van der Waals surface area contributed by atoms with Crippen molar-refractivity contribution in [3.8, 4) is 5.75 Å². The van der Waals surface area contributed by atoms with Crippen LogP contribution in [0.5, 0.6) is 5.75 Å². The average Bonchev–Trinajstić information content (AvgIpc) is 2.78. The number of amides is 1. The standard InChI is InChI=1S/C22H23N3O4S/c1-3-17-6-8-18(9-7-17)24-22(26)16-25(19-10-12-20(29-2)13-11-19)30(27,28)21-5-4-14-23-15-21/h4-15H,3,16H2,1-2H3,(H,24,26). The molecular weight excluding hydrogens is 402 g/mol. The largest absolute Gasteiger partial charge is 0.497 e. The number of nitrogens with zero attached hydrogens (tertiary/aromatic N) is 2. The van der Waals surface area contributed by atoms with Gasteiger partial charge in [-0.3, -0.25) is 14.1 Å². The Morgan fingerprint density at radius 3 is 2.33 bits per heavy atom. The van der Waals surface area contributed by atoms with Gasteiger partial charge in [0.15, 0.2) is 0 Å². The van der Waals surface area contributed by atoms with E-state index in [0.29, 0.717) is 17.1 Å². The average molecular weight is 426 g/mol. The van der Waals surface area contributed by atoms with Crippen LogP contribution in [0.1, 0.15) is 12.5 Å². The predicted octanol–water partition coefficient (Wildman–Crippen LogP) is 3.49. The van der Waals surface area contributed by atoms with E-state index in [1.54, 1.807) is 36.4 Å². The normalized spacial score (nSPS) is 11.0. The number of nitrogens with one attached hydrogen (secondary N) is 1. The Balaban J connectivity index is 1.89. The minimum Gasteiger partial charge on any atom is -0.497 e. The van der Waals surface area contributed by atoms with E-state index in [1.165, 1.54) is 31.6 Å². The molecule has 1 aromatic heterocycles. The highest BCUT2D eigenvalue weighted by Gasteiger charge is 2.27. The number of carbonyl (C=O) groups excluding carboxylic acids is 1. The number of rotatable bonds is 8. The third kappa shape index (κ3) is 4.96. The first-order valence-electron chi connectivity index (χ1n) is 9.39. The van der Waals surface area contributed by atoms with Crippen molar-refractivity contribution in [1.82, 2.24) is 4.98 Å². The van der Waals surface area contributed by atoms with Crippen molar-refractivity contribution in [3.05, 3.63) is 78.6 Å². The second-order valence-corrected chi connectivity index (χ2v) is 8.36. The molecule has 0 atom stereocenters. The van der Waals surface area contributed by atoms with Crippen molar-refractivity contribution in [2.45, 2.75) is 18.2 Å². The van der Waals surface area contributed by atoms with Crippen molar-refractivity contribution in [2.24, 2.45) is 0 Å². The molecule has 0 saturated carbocycles. The highest BCUT2D eigenvalue weighted by Crippen LogP contribution is 2.25. The van der Waals surface area contributed by atoms with Crippen LogP contribution in [0, 0.1) is 0 Å². The topological polar surface area (TPSA) is 88.6 Å². The Kier molecular flexibility index (Phi) is 6.68. The lowest BCUT2D eigenvalue weighted by molar-refractivity contribution is -0.114. The number of carbonyl (C=O) groups is 1. The van der Waals surface area contributed by atoms with E-state index in [0.717, 1.165) is 16.3 Å². The predicted molar refractivity (Wildman–Crippen MR) is 116 cm³/mol. The molecule has 2 aromatic carbocycles. The van der Waals surface area contributed by atoms with Crippen LogP contribution >= 0.6 is 0 Å². The molecule has 7 nitrogen and oxygen atoms in total. The smallest absolute Gasteiger partial charge is 0.266 e. The Bertz CT molecular complexity index is 1080. The number of aromatic nitrogens is 1. The molecule has 0 spiro atoms. The molecule has 8 heteroatoms. The van der Waals surface area contributed by atoms with Gasteiger partial charge in [-0.05, 0) is 60.5 Å². The quantitative estimate of drug-likeness (QED) is 0.597. The number of anilines is 2. The molecule has 3 aromatic rings. The number of benzene rings is 2. The Morgan fingerprint density at radius 1 is 1.07 bits per heavy atom. The lowest BCUT2D eigenvalue weighted by atomic mass is 10.1. The van der Waals surface area contributed by atoms with Gasteiger partial charge in [0.25, 0.3) is 10.0 Å². The van der Waals surface area contributed by atoms with Crippen LogP contribution in [0.15, 0.2) is 78.0 Å². The summed E-state index contributed by atoms with van der Waals surface area (Å²) in [5, 5.41) is 2.75. The molecule has 1 N–H and O–H groups in total. The molecule has 0 aliphatic rings. The summed E-state index contributed by atoms with van der Waals surface area (Å²) in [7, 11) is -2.48. The van der Waals surface area contributed by atoms with E-state index < -0.39 is 15.9 Å². The summed E-state index contributed by atoms with van der Waals surface area (Å²) >= 11 is 0. The molecule has 0 unspecified atom stereocenters. The second kappa shape index (κ2) is 9.41. The van der Waals surface area contributed by atoms with Gasteiger partial charge < -0.3 is 10.1 Å². The Morgan fingerprint density at radius 2 is 1.77 bits per heavy atom. The lowest BCUT2D eigenvalue weighted by Crippen LogP contribution is -2.38. The number of pyridine rings is 1. The van der Waals surface area contributed by atoms with Gasteiger partial charge in [0.2, 0.25) is 5.91 Å². The van der Waals surface area contributed by atoms with Crippen LogP contribution in [-0.2, 0) is 21.2 Å². The molecule has 0 saturated heterocycles. The minimum atomic E-state index is -4.00. The van der Waals surface area contributed by atoms with Gasteiger partial charge in [-0.2, -0.15) is 0 Å². The van der Waals surface area contributed by atoms with Crippen LogP contribution in [0.3, 0.4) is 0 Å². The summed E-state index contributed by atoms with van der Waals surface area (Å²) in [6, 6.07) is 16.9. The van der Waals surface area contributed by atoms with Crippen LogP contribution < -0.4 is 14.4 Å². The fraction of sp³-hybridized carbons (Fsp3) is 0.182. The number of ether oxygens (including phenoxy) is 1. The van der Waals surface area contributed by atoms with Crippen molar-refractivity contribution in [3.63, 3.8) is 0 Å². The molecule has 1 heterocycles. The fourth-order valence-electron chi connectivity index (χ4n) is 2.85. The van der Waals surface area contributed by atoms with Crippen LogP contribution in [0.2, 0.25) is 0 Å². The van der Waals surface area contributed by atoms with Crippen molar-refractivity contribution < 1.29 is 17.9 Å². The molecule has 0 aliphatic carbocycles. The number of hydrogen-bond donors (Lipinski definition) is 1. The zero-order valence-electron chi connectivity index (χ0n) is 16.8. The van der Waals surface area contributed by atoms with E-state index in [1.807, 2.05) is 19.1 Å². The number of hydrogen-bond acceptors (Lipinski definition) is 5. The lowest BCUT2D eigenvalue weighted by Gasteiger charge is -2.24. The van der Waals surface area contributed by atoms with E-state index in [-0.39, 0.29) is 11.4 Å². The van der Waals surface area contributed by atoms with Crippen LogP contribution in [0.4, 0.5) is 11.4 Å². The minimum absolute atomic E-state index is 0.000849. The van der Waals surface area contributed by atoms with Gasteiger partial charge in [0.1, 0.15) is 17.2 Å². The number of sulfonamides is 1. The zero-order valence-corrected chi connectivity index (χ0v) is 17.6. The summed E-state index contributed by atoms with van der Waals surface area (Å²) in [5.74, 6) is 0.125. The summed E-state index contributed by atoms with van der Waals surface area (Å²) in [6.45, 7) is 1.66. The van der Waals surface area contributed by atoms with E-state index in [2.05, 4.69) is 10.3 Å². The van der Waals surface area contributed by atoms with Gasteiger partial charge in [0, 0.05) is 18.1 Å². The molecule has 0 radical (unpaired) electrons. The van der Waals surface area contributed by atoms with Crippen molar-refractivity contribution >= 4 is 27.3 Å². The first-order valence-corrected chi connectivity index (χ1v) is 10.8. The third-order valence-corrected chi connectivity index (χ3v) is 6.27. The molecular formula is C22H23N3O4S.